The Hall–Kier alpha value is -4.47. The lowest BCUT2D eigenvalue weighted by Crippen LogP contribution is -2.34. The molecule has 0 spiro atoms. The highest BCUT2D eigenvalue weighted by Gasteiger charge is 2.14. The van der Waals surface area contributed by atoms with Crippen LogP contribution in [0.5, 0.6) is 17.2 Å². The first kappa shape index (κ1) is 25.2. The third kappa shape index (κ3) is 8.77. The van der Waals surface area contributed by atoms with Gasteiger partial charge >= 0.3 is 12.6 Å². The molecule has 0 aliphatic rings. The summed E-state index contributed by atoms with van der Waals surface area (Å²) in [5.74, 6) is -1.58. The average molecular weight is 485 g/mol. The minimum atomic E-state index is -2.99. The Morgan fingerprint density at radius 3 is 1.97 bits per heavy atom. The molecular weight excluding hydrogens is 464 g/mol. The molecule has 0 heterocycles. The highest BCUT2D eigenvalue weighted by molar-refractivity contribution is 6.05. The molecule has 0 unspecified atom stereocenters. The predicted molar refractivity (Wildman–Crippen MR) is 119 cm³/mol. The van der Waals surface area contributed by atoms with Gasteiger partial charge in [0.05, 0.1) is 0 Å². The Bertz CT molecular complexity index is 1120. The van der Waals surface area contributed by atoms with Crippen LogP contribution in [0.1, 0.15) is 15.9 Å². The van der Waals surface area contributed by atoms with Gasteiger partial charge in [-0.25, -0.2) is 4.79 Å². The van der Waals surface area contributed by atoms with Crippen LogP contribution in [0, 0.1) is 0 Å². The molecule has 182 valence electrons. The molecule has 3 rings (SSSR count). The molecule has 0 aliphatic heterocycles. The molecule has 10 heteroatoms. The van der Waals surface area contributed by atoms with Gasteiger partial charge in [-0.05, 0) is 54.1 Å². The van der Waals surface area contributed by atoms with Crippen molar-refractivity contribution in [2.75, 3.05) is 13.2 Å². The van der Waals surface area contributed by atoms with E-state index in [1.54, 1.807) is 24.3 Å². The minimum Gasteiger partial charge on any atom is -0.489 e. The van der Waals surface area contributed by atoms with E-state index in [0.717, 1.165) is 17.7 Å². The number of carbonyl (C=O) groups excluding carboxylic acids is 3. The van der Waals surface area contributed by atoms with Crippen LogP contribution in [0.15, 0.2) is 78.9 Å². The van der Waals surface area contributed by atoms with E-state index >= 15 is 0 Å². The normalized spacial score (nSPS) is 10.4. The fourth-order valence-electron chi connectivity index (χ4n) is 2.73. The molecule has 1 N–H and O–H groups in total. The third-order valence-corrected chi connectivity index (χ3v) is 4.39. The number of halogens is 2. The van der Waals surface area contributed by atoms with Gasteiger partial charge in [0.25, 0.3) is 11.8 Å². The first-order chi connectivity index (χ1) is 16.9. The molecular formula is C25H21F2NO7. The van der Waals surface area contributed by atoms with E-state index in [0.29, 0.717) is 18.1 Å². The first-order valence-corrected chi connectivity index (χ1v) is 10.3. The molecule has 0 radical (unpaired) electrons. The van der Waals surface area contributed by atoms with Gasteiger partial charge in [-0.3, -0.25) is 14.9 Å². The van der Waals surface area contributed by atoms with E-state index in [1.807, 2.05) is 35.6 Å². The Morgan fingerprint density at radius 2 is 1.34 bits per heavy atom. The lowest BCUT2D eigenvalue weighted by Gasteiger charge is -2.09. The van der Waals surface area contributed by atoms with Crippen molar-refractivity contribution in [3.63, 3.8) is 0 Å². The van der Waals surface area contributed by atoms with E-state index in [9.17, 15) is 23.2 Å². The van der Waals surface area contributed by atoms with Crippen LogP contribution in [0.3, 0.4) is 0 Å². The zero-order valence-electron chi connectivity index (χ0n) is 18.3. The van der Waals surface area contributed by atoms with Crippen molar-refractivity contribution in [3.05, 3.63) is 90.0 Å². The summed E-state index contributed by atoms with van der Waals surface area (Å²) >= 11 is 0. The molecule has 8 nitrogen and oxygen atoms in total. The summed E-state index contributed by atoms with van der Waals surface area (Å²) in [5, 5.41) is 2.02. The molecule has 0 aliphatic carbocycles. The fraction of sp³-hybridized carbons (Fsp3) is 0.160. The molecule has 3 aromatic rings. The minimum absolute atomic E-state index is 0.0332. The monoisotopic (exact) mass is 485 g/mol. The number of hydrogen-bond donors (Lipinski definition) is 1. The summed E-state index contributed by atoms with van der Waals surface area (Å²) in [5.41, 5.74) is 1.06. The summed E-state index contributed by atoms with van der Waals surface area (Å²) in [6.07, 6.45) is 0. The number of nitrogens with one attached hydrogen (secondary N) is 1. The average Bonchev–Trinajstić information content (AvgIpc) is 2.86. The third-order valence-electron chi connectivity index (χ3n) is 4.39. The Balaban J connectivity index is 1.35. The van der Waals surface area contributed by atoms with Crippen molar-refractivity contribution >= 4 is 17.8 Å². The highest BCUT2D eigenvalue weighted by Crippen LogP contribution is 2.19. The Morgan fingerprint density at radius 1 is 0.743 bits per heavy atom. The second-order valence-electron chi connectivity index (χ2n) is 6.98. The van der Waals surface area contributed by atoms with Gasteiger partial charge in [0.15, 0.2) is 13.2 Å². The topological polar surface area (TPSA) is 100 Å². The molecule has 0 fully saturated rings. The van der Waals surface area contributed by atoms with Crippen molar-refractivity contribution in [2.45, 2.75) is 13.2 Å². The van der Waals surface area contributed by atoms with Crippen LogP contribution in [-0.4, -0.2) is 37.6 Å². The van der Waals surface area contributed by atoms with Crippen LogP contribution < -0.4 is 19.5 Å². The highest BCUT2D eigenvalue weighted by atomic mass is 19.3. The van der Waals surface area contributed by atoms with Gasteiger partial charge < -0.3 is 18.9 Å². The summed E-state index contributed by atoms with van der Waals surface area (Å²) in [6.45, 7) is -3.73. The maximum Gasteiger partial charge on any atom is 0.387 e. The maximum atomic E-state index is 12.1. The quantitative estimate of drug-likeness (QED) is 0.413. The van der Waals surface area contributed by atoms with E-state index < -0.39 is 37.6 Å². The van der Waals surface area contributed by atoms with Crippen LogP contribution in [-0.2, 0) is 20.9 Å². The fourth-order valence-corrected chi connectivity index (χ4v) is 2.73. The van der Waals surface area contributed by atoms with E-state index in [-0.39, 0.29) is 11.3 Å². The van der Waals surface area contributed by atoms with Gasteiger partial charge in [-0.1, -0.05) is 30.3 Å². The van der Waals surface area contributed by atoms with Crippen molar-refractivity contribution in [1.82, 2.24) is 5.32 Å². The van der Waals surface area contributed by atoms with E-state index in [1.165, 1.54) is 12.1 Å². The van der Waals surface area contributed by atoms with Gasteiger partial charge in [0.1, 0.15) is 23.9 Å². The summed E-state index contributed by atoms with van der Waals surface area (Å²) in [6, 6.07) is 21.0. The van der Waals surface area contributed by atoms with Crippen molar-refractivity contribution < 1.29 is 42.1 Å². The van der Waals surface area contributed by atoms with Crippen LogP contribution in [0.25, 0.3) is 0 Å². The number of esters is 1. The molecule has 0 bridgehead atoms. The zero-order valence-corrected chi connectivity index (χ0v) is 18.3. The number of ether oxygens (including phenoxy) is 4. The molecule has 0 atom stereocenters. The van der Waals surface area contributed by atoms with Gasteiger partial charge in [-0.15, -0.1) is 0 Å². The smallest absolute Gasteiger partial charge is 0.387 e. The van der Waals surface area contributed by atoms with Crippen LogP contribution in [0.4, 0.5) is 8.78 Å². The summed E-state index contributed by atoms with van der Waals surface area (Å²) in [4.78, 5) is 35.7. The first-order valence-electron chi connectivity index (χ1n) is 10.3. The standard InChI is InChI=1S/C25H21F2NO7/c26-25(27)35-21-8-6-18(7-9-21)24(31)28-22(29)15-34-23(30)16-33-20-12-10-19(11-13-20)32-14-17-4-2-1-3-5-17/h1-13,25H,14-16H2,(H,28,29,31). The SMILES string of the molecule is O=C(COC(=O)COc1ccc(OCc2ccccc2)cc1)NC(=O)c1ccc(OC(F)F)cc1. The largest absolute Gasteiger partial charge is 0.489 e. The zero-order chi connectivity index (χ0) is 25.0. The Kier molecular flexibility index (Phi) is 9.12. The number of alkyl halides is 2. The molecule has 35 heavy (non-hydrogen) atoms. The molecule has 2 amide bonds. The van der Waals surface area contributed by atoms with Crippen LogP contribution >= 0.6 is 0 Å². The molecule has 0 saturated carbocycles. The number of carbonyl (C=O) groups is 3. The van der Waals surface area contributed by atoms with E-state index in [2.05, 4.69) is 4.74 Å². The molecule has 0 saturated heterocycles. The second-order valence-corrected chi connectivity index (χ2v) is 6.98. The van der Waals surface area contributed by atoms with Crippen LogP contribution in [0.2, 0.25) is 0 Å². The number of imide groups is 1. The van der Waals surface area contributed by atoms with E-state index in [4.69, 9.17) is 14.2 Å². The lowest BCUT2D eigenvalue weighted by molar-refractivity contribution is -0.150. The lowest BCUT2D eigenvalue weighted by atomic mass is 10.2. The Labute approximate surface area is 199 Å². The number of rotatable bonds is 11. The van der Waals surface area contributed by atoms with Gasteiger partial charge in [0, 0.05) is 5.56 Å². The van der Waals surface area contributed by atoms with Crippen molar-refractivity contribution in [3.8, 4) is 17.2 Å². The van der Waals surface area contributed by atoms with Gasteiger partial charge in [-0.2, -0.15) is 8.78 Å². The van der Waals surface area contributed by atoms with Gasteiger partial charge in [0.2, 0.25) is 0 Å². The molecule has 0 aromatic heterocycles. The second kappa shape index (κ2) is 12.7. The number of amides is 2. The van der Waals surface area contributed by atoms with Crippen molar-refractivity contribution in [2.24, 2.45) is 0 Å². The number of benzene rings is 3. The predicted octanol–water partition coefficient (Wildman–Crippen LogP) is 3.75. The maximum absolute atomic E-state index is 12.1. The number of hydrogen-bond acceptors (Lipinski definition) is 7. The van der Waals surface area contributed by atoms with Crippen molar-refractivity contribution in [1.29, 1.82) is 0 Å². The summed E-state index contributed by atoms with van der Waals surface area (Å²) < 4.78 is 44.2. The molecule has 3 aromatic carbocycles. The summed E-state index contributed by atoms with van der Waals surface area (Å²) in [7, 11) is 0.